The van der Waals surface area contributed by atoms with Crippen LogP contribution < -0.4 is 11.1 Å². The molecule has 0 aliphatic heterocycles. The number of carbonyl (C=O) groups excluding carboxylic acids is 1. The number of aromatic nitrogens is 1. The van der Waals surface area contributed by atoms with Crippen molar-refractivity contribution < 1.29 is 14.7 Å². The first-order valence-corrected chi connectivity index (χ1v) is 6.95. The van der Waals surface area contributed by atoms with Gasteiger partial charge in [0.2, 0.25) is 0 Å². The van der Waals surface area contributed by atoms with Crippen LogP contribution in [0.25, 0.3) is 11.1 Å². The number of nitrogens with one attached hydrogen (secondary N) is 1. The smallest absolute Gasteiger partial charge is 0.355 e. The Labute approximate surface area is 127 Å². The van der Waals surface area contributed by atoms with Crippen molar-refractivity contribution in [3.63, 3.8) is 0 Å². The van der Waals surface area contributed by atoms with Gasteiger partial charge in [-0.25, -0.2) is 9.78 Å². The number of pyridine rings is 1. The van der Waals surface area contributed by atoms with E-state index in [0.717, 1.165) is 12.8 Å². The average Bonchev–Trinajstić information content (AvgIpc) is 3.31. The number of rotatable bonds is 4. The molecule has 1 heterocycles. The van der Waals surface area contributed by atoms with Crippen molar-refractivity contribution in [3.8, 4) is 11.1 Å². The minimum atomic E-state index is -1.16. The van der Waals surface area contributed by atoms with Crippen LogP contribution in [0, 0.1) is 0 Å². The molecule has 112 valence electrons. The van der Waals surface area contributed by atoms with E-state index in [1.807, 2.05) is 0 Å². The van der Waals surface area contributed by atoms with Crippen LogP contribution in [0.2, 0.25) is 0 Å². The number of hydrogen-bond acceptors (Lipinski definition) is 4. The number of nitrogens with zero attached hydrogens (tertiary/aromatic N) is 1. The standard InChI is InChI=1S/C16H15N3O3/c17-13-7-6-12(14(19-13)16(21)22)9-2-1-3-10(8-9)15(20)18-11-4-5-11/h1-3,6-8,11H,4-5H2,(H2,17,19)(H,18,20)(H,21,22). The second kappa shape index (κ2) is 5.48. The summed E-state index contributed by atoms with van der Waals surface area (Å²) in [5.41, 5.74) is 6.97. The average molecular weight is 297 g/mol. The summed E-state index contributed by atoms with van der Waals surface area (Å²) in [6.45, 7) is 0. The van der Waals surface area contributed by atoms with Gasteiger partial charge in [0.15, 0.2) is 5.69 Å². The lowest BCUT2D eigenvalue weighted by Crippen LogP contribution is -2.25. The van der Waals surface area contributed by atoms with Gasteiger partial charge in [0.1, 0.15) is 5.82 Å². The topological polar surface area (TPSA) is 105 Å². The van der Waals surface area contributed by atoms with Gasteiger partial charge >= 0.3 is 5.97 Å². The first kappa shape index (κ1) is 14.1. The molecule has 22 heavy (non-hydrogen) atoms. The lowest BCUT2D eigenvalue weighted by Gasteiger charge is -2.09. The number of nitrogens with two attached hydrogens (primary N) is 1. The van der Waals surface area contributed by atoms with Gasteiger partial charge in [-0.3, -0.25) is 4.79 Å². The number of aromatic carboxylic acids is 1. The summed E-state index contributed by atoms with van der Waals surface area (Å²) in [5, 5.41) is 12.2. The van der Waals surface area contributed by atoms with Crippen LogP contribution in [-0.2, 0) is 0 Å². The quantitative estimate of drug-likeness (QED) is 0.799. The predicted molar refractivity (Wildman–Crippen MR) is 81.5 cm³/mol. The van der Waals surface area contributed by atoms with Crippen LogP contribution in [0.15, 0.2) is 36.4 Å². The third-order valence-electron chi connectivity index (χ3n) is 3.47. The minimum absolute atomic E-state index is 0.125. The molecule has 0 spiro atoms. The molecular weight excluding hydrogens is 282 g/mol. The number of amides is 1. The summed E-state index contributed by atoms with van der Waals surface area (Å²) in [5.74, 6) is -1.16. The Kier molecular flexibility index (Phi) is 3.50. The molecule has 6 heteroatoms. The van der Waals surface area contributed by atoms with Gasteiger partial charge in [-0.05, 0) is 42.7 Å². The van der Waals surface area contributed by atoms with Crippen LogP contribution in [0.1, 0.15) is 33.7 Å². The molecule has 0 unspecified atom stereocenters. The Hall–Kier alpha value is -2.89. The van der Waals surface area contributed by atoms with Gasteiger partial charge < -0.3 is 16.2 Å². The highest BCUT2D eigenvalue weighted by atomic mass is 16.4. The Morgan fingerprint density at radius 2 is 2.00 bits per heavy atom. The molecule has 1 aromatic heterocycles. The fourth-order valence-corrected chi connectivity index (χ4v) is 2.19. The van der Waals surface area contributed by atoms with Crippen molar-refractivity contribution >= 4 is 17.7 Å². The van der Waals surface area contributed by atoms with Crippen molar-refractivity contribution in [2.45, 2.75) is 18.9 Å². The summed E-state index contributed by atoms with van der Waals surface area (Å²) in [6.07, 6.45) is 2.02. The fraction of sp³-hybridized carbons (Fsp3) is 0.188. The molecule has 1 amide bonds. The third kappa shape index (κ3) is 2.90. The Morgan fingerprint density at radius 1 is 1.23 bits per heavy atom. The van der Waals surface area contributed by atoms with Crippen LogP contribution >= 0.6 is 0 Å². The molecule has 1 saturated carbocycles. The van der Waals surface area contributed by atoms with Crippen LogP contribution in [0.3, 0.4) is 0 Å². The number of benzene rings is 1. The highest BCUT2D eigenvalue weighted by Gasteiger charge is 2.24. The zero-order valence-electron chi connectivity index (χ0n) is 11.7. The molecule has 0 radical (unpaired) electrons. The molecule has 6 nitrogen and oxygen atoms in total. The minimum Gasteiger partial charge on any atom is -0.476 e. The molecule has 0 atom stereocenters. The number of hydrogen-bond donors (Lipinski definition) is 3. The van der Waals surface area contributed by atoms with Gasteiger partial charge in [-0.1, -0.05) is 12.1 Å². The summed E-state index contributed by atoms with van der Waals surface area (Å²) in [6, 6.07) is 10.2. The lowest BCUT2D eigenvalue weighted by atomic mass is 10.0. The van der Waals surface area contributed by atoms with E-state index in [1.165, 1.54) is 0 Å². The maximum Gasteiger partial charge on any atom is 0.355 e. The Balaban J connectivity index is 1.98. The first-order valence-electron chi connectivity index (χ1n) is 6.95. The molecule has 3 rings (SSSR count). The Bertz CT molecular complexity index is 754. The normalized spacial score (nSPS) is 13.6. The molecule has 1 aliphatic rings. The van der Waals surface area contributed by atoms with Gasteiger partial charge in [-0.15, -0.1) is 0 Å². The summed E-state index contributed by atoms with van der Waals surface area (Å²) in [4.78, 5) is 27.3. The van der Waals surface area contributed by atoms with Crippen LogP contribution in [-0.4, -0.2) is 28.0 Å². The van der Waals surface area contributed by atoms with Crippen molar-refractivity contribution in [2.75, 3.05) is 5.73 Å². The van der Waals surface area contributed by atoms with Crippen molar-refractivity contribution in [1.82, 2.24) is 10.3 Å². The van der Waals surface area contributed by atoms with E-state index in [9.17, 15) is 14.7 Å². The number of nitrogen functional groups attached to an aromatic ring is 1. The second-order valence-electron chi connectivity index (χ2n) is 5.27. The van der Waals surface area contributed by atoms with E-state index in [-0.39, 0.29) is 23.5 Å². The maximum atomic E-state index is 12.1. The monoisotopic (exact) mass is 297 g/mol. The predicted octanol–water partition coefficient (Wildman–Crippen LogP) is 1.92. The molecule has 1 aromatic carbocycles. The summed E-state index contributed by atoms with van der Waals surface area (Å²) < 4.78 is 0. The highest BCUT2D eigenvalue weighted by Crippen LogP contribution is 2.25. The first-order chi connectivity index (χ1) is 10.5. The molecular formula is C16H15N3O3. The SMILES string of the molecule is Nc1ccc(-c2cccc(C(=O)NC3CC3)c2)c(C(=O)O)n1. The molecule has 2 aromatic rings. The number of carboxylic acids is 1. The molecule has 0 saturated heterocycles. The largest absolute Gasteiger partial charge is 0.476 e. The van der Waals surface area contributed by atoms with E-state index in [0.29, 0.717) is 16.7 Å². The molecule has 4 N–H and O–H groups in total. The van der Waals surface area contributed by atoms with E-state index in [1.54, 1.807) is 36.4 Å². The van der Waals surface area contributed by atoms with Gasteiger partial charge in [0.05, 0.1) is 0 Å². The van der Waals surface area contributed by atoms with E-state index in [4.69, 9.17) is 5.73 Å². The molecule has 1 fully saturated rings. The number of carboxylic acid groups (broad SMARTS) is 1. The van der Waals surface area contributed by atoms with Gasteiger partial charge in [0.25, 0.3) is 5.91 Å². The molecule has 0 bridgehead atoms. The van der Waals surface area contributed by atoms with Crippen molar-refractivity contribution in [1.29, 1.82) is 0 Å². The summed E-state index contributed by atoms with van der Waals surface area (Å²) >= 11 is 0. The second-order valence-corrected chi connectivity index (χ2v) is 5.27. The fourth-order valence-electron chi connectivity index (χ4n) is 2.19. The summed E-state index contributed by atoms with van der Waals surface area (Å²) in [7, 11) is 0. The van der Waals surface area contributed by atoms with Crippen molar-refractivity contribution in [2.24, 2.45) is 0 Å². The number of anilines is 1. The van der Waals surface area contributed by atoms with Crippen LogP contribution in [0.4, 0.5) is 5.82 Å². The zero-order valence-corrected chi connectivity index (χ0v) is 11.7. The molecule has 1 aliphatic carbocycles. The maximum absolute atomic E-state index is 12.1. The number of carbonyl (C=O) groups is 2. The van der Waals surface area contributed by atoms with Crippen molar-refractivity contribution in [3.05, 3.63) is 47.7 Å². The lowest BCUT2D eigenvalue weighted by molar-refractivity contribution is 0.0691. The third-order valence-corrected chi connectivity index (χ3v) is 3.47. The van der Waals surface area contributed by atoms with E-state index < -0.39 is 5.97 Å². The zero-order chi connectivity index (χ0) is 15.7. The van der Waals surface area contributed by atoms with Crippen LogP contribution in [0.5, 0.6) is 0 Å². The Morgan fingerprint density at radius 3 is 2.68 bits per heavy atom. The van der Waals surface area contributed by atoms with Gasteiger partial charge in [-0.2, -0.15) is 0 Å². The highest BCUT2D eigenvalue weighted by molar-refractivity contribution is 5.98. The van der Waals surface area contributed by atoms with E-state index in [2.05, 4.69) is 10.3 Å². The van der Waals surface area contributed by atoms with E-state index >= 15 is 0 Å². The van der Waals surface area contributed by atoms with Gasteiger partial charge in [0, 0.05) is 17.2 Å².